The van der Waals surface area contributed by atoms with Gasteiger partial charge in [0.1, 0.15) is 17.2 Å². The number of aromatic carboxylic acids is 1. The molecular weight excluding hydrogens is 308 g/mol. The molecule has 0 spiro atoms. The minimum atomic E-state index is -1.28. The summed E-state index contributed by atoms with van der Waals surface area (Å²) in [6.45, 7) is 1.05. The predicted octanol–water partition coefficient (Wildman–Crippen LogP) is 2.57. The smallest absolute Gasteiger partial charge is 0.339 e. The molecule has 2 aromatic rings. The molecule has 0 amide bonds. The van der Waals surface area contributed by atoms with E-state index in [1.807, 2.05) is 0 Å². The summed E-state index contributed by atoms with van der Waals surface area (Å²) in [5.41, 5.74) is -0.264. The van der Waals surface area contributed by atoms with E-state index >= 15 is 0 Å². The maximum absolute atomic E-state index is 13.4. The van der Waals surface area contributed by atoms with Crippen molar-refractivity contribution in [2.24, 2.45) is 0 Å². The van der Waals surface area contributed by atoms with Crippen LogP contribution in [0.15, 0.2) is 24.4 Å². The number of nitrogens with one attached hydrogen (secondary N) is 1. The van der Waals surface area contributed by atoms with Crippen LogP contribution < -0.4 is 5.32 Å². The first-order valence-corrected chi connectivity index (χ1v) is 6.81. The quantitative estimate of drug-likeness (QED) is 0.762. The number of hydrogen-bond donors (Lipinski definition) is 2. The molecule has 2 N–H and O–H groups in total. The van der Waals surface area contributed by atoms with E-state index in [-0.39, 0.29) is 22.8 Å². The van der Waals surface area contributed by atoms with E-state index < -0.39 is 17.6 Å². The van der Waals surface area contributed by atoms with E-state index in [2.05, 4.69) is 15.3 Å². The topological polar surface area (TPSA) is 84.3 Å². The number of methoxy groups -OCH3 is 1. The first-order valence-electron chi connectivity index (χ1n) is 6.81. The SMILES string of the molecule is COCCCNc1ncc(C(=O)O)c(-c2cc(F)cc(F)c2)n1. The summed E-state index contributed by atoms with van der Waals surface area (Å²) < 4.78 is 31.7. The Morgan fingerprint density at radius 1 is 1.30 bits per heavy atom. The summed E-state index contributed by atoms with van der Waals surface area (Å²) in [6, 6.07) is 2.74. The van der Waals surface area contributed by atoms with Crippen LogP contribution in [0.1, 0.15) is 16.8 Å². The zero-order valence-corrected chi connectivity index (χ0v) is 12.3. The van der Waals surface area contributed by atoms with Crippen LogP contribution in [0.4, 0.5) is 14.7 Å². The van der Waals surface area contributed by atoms with Gasteiger partial charge in [0.15, 0.2) is 0 Å². The highest BCUT2D eigenvalue weighted by Gasteiger charge is 2.16. The van der Waals surface area contributed by atoms with E-state index in [4.69, 9.17) is 4.74 Å². The Morgan fingerprint density at radius 3 is 2.61 bits per heavy atom. The Labute approximate surface area is 131 Å². The summed E-state index contributed by atoms with van der Waals surface area (Å²) in [5, 5.41) is 12.1. The van der Waals surface area contributed by atoms with Crippen molar-refractivity contribution in [2.75, 3.05) is 25.6 Å². The van der Waals surface area contributed by atoms with Crippen LogP contribution in [0.2, 0.25) is 0 Å². The monoisotopic (exact) mass is 323 g/mol. The van der Waals surface area contributed by atoms with Crippen molar-refractivity contribution in [1.29, 1.82) is 0 Å². The van der Waals surface area contributed by atoms with Crippen molar-refractivity contribution in [1.82, 2.24) is 9.97 Å². The number of carboxylic acid groups (broad SMARTS) is 1. The first-order chi connectivity index (χ1) is 11.0. The minimum absolute atomic E-state index is 0.0299. The molecule has 0 aliphatic carbocycles. The van der Waals surface area contributed by atoms with Gasteiger partial charge in [-0.2, -0.15) is 0 Å². The van der Waals surface area contributed by atoms with E-state index in [1.54, 1.807) is 7.11 Å². The zero-order valence-electron chi connectivity index (χ0n) is 12.3. The Morgan fingerprint density at radius 2 is 2.00 bits per heavy atom. The highest BCUT2D eigenvalue weighted by molar-refractivity contribution is 5.94. The zero-order chi connectivity index (χ0) is 16.8. The number of carboxylic acids is 1. The number of carbonyl (C=O) groups is 1. The summed E-state index contributed by atoms with van der Waals surface area (Å²) in [5.74, 6) is -2.74. The lowest BCUT2D eigenvalue weighted by Crippen LogP contribution is -2.10. The third-order valence-electron chi connectivity index (χ3n) is 2.96. The van der Waals surface area contributed by atoms with Gasteiger partial charge >= 0.3 is 5.97 Å². The summed E-state index contributed by atoms with van der Waals surface area (Å²) in [7, 11) is 1.58. The van der Waals surface area contributed by atoms with Gasteiger partial charge in [-0.05, 0) is 18.6 Å². The average Bonchev–Trinajstić information content (AvgIpc) is 2.50. The standard InChI is InChI=1S/C15H15F2N3O3/c1-23-4-2-3-18-15-19-8-12(14(21)22)13(20-15)9-5-10(16)7-11(17)6-9/h5-8H,2-4H2,1H3,(H,21,22)(H,18,19,20). The third-order valence-corrected chi connectivity index (χ3v) is 2.96. The number of hydrogen-bond acceptors (Lipinski definition) is 5. The molecule has 0 saturated carbocycles. The molecule has 1 aromatic heterocycles. The third kappa shape index (κ3) is 4.43. The molecule has 0 atom stereocenters. The molecular formula is C15H15F2N3O3. The average molecular weight is 323 g/mol. The maximum atomic E-state index is 13.4. The second kappa shape index (κ2) is 7.59. The van der Waals surface area contributed by atoms with Crippen LogP contribution in [0.25, 0.3) is 11.3 Å². The van der Waals surface area contributed by atoms with Gasteiger partial charge in [0.2, 0.25) is 5.95 Å². The molecule has 0 bridgehead atoms. The van der Waals surface area contributed by atoms with Crippen molar-refractivity contribution in [3.8, 4) is 11.3 Å². The van der Waals surface area contributed by atoms with Gasteiger partial charge in [0.25, 0.3) is 0 Å². The fraction of sp³-hybridized carbons (Fsp3) is 0.267. The van der Waals surface area contributed by atoms with Gasteiger partial charge < -0.3 is 15.2 Å². The van der Waals surface area contributed by atoms with Gasteiger partial charge in [0.05, 0.1) is 5.69 Å². The molecule has 8 heteroatoms. The van der Waals surface area contributed by atoms with E-state index in [9.17, 15) is 18.7 Å². The van der Waals surface area contributed by atoms with Gasteiger partial charge in [-0.1, -0.05) is 0 Å². The Kier molecular flexibility index (Phi) is 5.53. The predicted molar refractivity (Wildman–Crippen MR) is 79.3 cm³/mol. The van der Waals surface area contributed by atoms with Crippen molar-refractivity contribution < 1.29 is 23.4 Å². The molecule has 1 heterocycles. The molecule has 0 saturated heterocycles. The van der Waals surface area contributed by atoms with E-state index in [1.165, 1.54) is 0 Å². The number of halogens is 2. The molecule has 122 valence electrons. The lowest BCUT2D eigenvalue weighted by atomic mass is 10.1. The number of aromatic nitrogens is 2. The van der Waals surface area contributed by atoms with Crippen LogP contribution in [-0.4, -0.2) is 41.3 Å². The normalized spacial score (nSPS) is 10.6. The lowest BCUT2D eigenvalue weighted by molar-refractivity contribution is 0.0697. The molecule has 1 aromatic carbocycles. The van der Waals surface area contributed by atoms with Crippen LogP contribution in [0.3, 0.4) is 0 Å². The molecule has 0 aliphatic rings. The Bertz CT molecular complexity index is 690. The largest absolute Gasteiger partial charge is 0.478 e. The highest BCUT2D eigenvalue weighted by Crippen LogP contribution is 2.24. The van der Waals surface area contributed by atoms with Crippen molar-refractivity contribution >= 4 is 11.9 Å². The highest BCUT2D eigenvalue weighted by atomic mass is 19.1. The van der Waals surface area contributed by atoms with Crippen molar-refractivity contribution in [3.63, 3.8) is 0 Å². The number of ether oxygens (including phenoxy) is 1. The van der Waals surface area contributed by atoms with Crippen LogP contribution in [0.5, 0.6) is 0 Å². The number of rotatable bonds is 7. The summed E-state index contributed by atoms with van der Waals surface area (Å²) >= 11 is 0. The Hall–Kier alpha value is -2.61. The second-order valence-electron chi connectivity index (χ2n) is 4.69. The number of anilines is 1. The molecule has 0 radical (unpaired) electrons. The van der Waals surface area contributed by atoms with Gasteiger partial charge in [-0.25, -0.2) is 23.5 Å². The van der Waals surface area contributed by atoms with E-state index in [0.717, 1.165) is 18.3 Å². The van der Waals surface area contributed by atoms with Crippen LogP contribution >= 0.6 is 0 Å². The molecule has 23 heavy (non-hydrogen) atoms. The second-order valence-corrected chi connectivity index (χ2v) is 4.69. The molecule has 2 rings (SSSR count). The molecule has 6 nitrogen and oxygen atoms in total. The number of nitrogens with zero attached hydrogens (tertiary/aromatic N) is 2. The fourth-order valence-electron chi connectivity index (χ4n) is 1.95. The van der Waals surface area contributed by atoms with Crippen LogP contribution in [0, 0.1) is 11.6 Å². The molecule has 0 aliphatic heterocycles. The first kappa shape index (κ1) is 16.8. The molecule has 0 unspecified atom stereocenters. The van der Waals surface area contributed by atoms with Crippen molar-refractivity contribution in [3.05, 3.63) is 41.6 Å². The van der Waals surface area contributed by atoms with Gasteiger partial charge in [-0.3, -0.25) is 0 Å². The van der Waals surface area contributed by atoms with Crippen molar-refractivity contribution in [2.45, 2.75) is 6.42 Å². The summed E-state index contributed by atoms with van der Waals surface area (Å²) in [4.78, 5) is 19.2. The lowest BCUT2D eigenvalue weighted by Gasteiger charge is -2.09. The van der Waals surface area contributed by atoms with E-state index in [0.29, 0.717) is 25.6 Å². The fourth-order valence-corrected chi connectivity index (χ4v) is 1.95. The van der Waals surface area contributed by atoms with Gasteiger partial charge in [0, 0.05) is 38.1 Å². The van der Waals surface area contributed by atoms with Gasteiger partial charge in [-0.15, -0.1) is 0 Å². The number of benzene rings is 1. The maximum Gasteiger partial charge on any atom is 0.339 e. The Balaban J connectivity index is 2.36. The summed E-state index contributed by atoms with van der Waals surface area (Å²) in [6.07, 6.45) is 1.80. The molecule has 0 fully saturated rings. The minimum Gasteiger partial charge on any atom is -0.478 e. The van der Waals surface area contributed by atoms with Crippen LogP contribution in [-0.2, 0) is 4.74 Å².